The summed E-state index contributed by atoms with van der Waals surface area (Å²) in [5.74, 6) is 0.687. The molecule has 1 fully saturated rings. The average molecular weight is 273 g/mol. The van der Waals surface area contributed by atoms with Gasteiger partial charge in [-0.25, -0.2) is 9.97 Å². The third kappa shape index (κ3) is 2.51. The molecule has 0 N–H and O–H groups in total. The Morgan fingerprint density at radius 2 is 2.28 bits per heavy atom. The molecule has 0 bridgehead atoms. The number of hydrogen-bond donors (Lipinski definition) is 0. The maximum absolute atomic E-state index is 11.1. The van der Waals surface area contributed by atoms with Gasteiger partial charge in [0.25, 0.3) is 0 Å². The van der Waals surface area contributed by atoms with Crippen LogP contribution in [-0.4, -0.2) is 40.7 Å². The van der Waals surface area contributed by atoms with E-state index >= 15 is 0 Å². The highest BCUT2D eigenvalue weighted by molar-refractivity contribution is 6.31. The van der Waals surface area contributed by atoms with Crippen LogP contribution in [0.25, 0.3) is 0 Å². The first kappa shape index (κ1) is 13.0. The first-order chi connectivity index (χ1) is 8.49. The summed E-state index contributed by atoms with van der Waals surface area (Å²) in [5, 5.41) is 10.9. The molecule has 2 rings (SSSR count). The van der Waals surface area contributed by atoms with Crippen molar-refractivity contribution in [1.82, 2.24) is 9.97 Å². The van der Waals surface area contributed by atoms with Crippen LogP contribution in [0, 0.1) is 17.0 Å². The topological polar surface area (TPSA) is 81.4 Å². The second-order valence-electron chi connectivity index (χ2n) is 4.12. The first-order valence-electron chi connectivity index (χ1n) is 5.54. The van der Waals surface area contributed by atoms with Crippen molar-refractivity contribution in [2.45, 2.75) is 20.0 Å². The number of nitro groups is 1. The zero-order valence-electron chi connectivity index (χ0n) is 10.1. The van der Waals surface area contributed by atoms with Gasteiger partial charge in [-0.2, -0.15) is 0 Å². The van der Waals surface area contributed by atoms with E-state index < -0.39 is 4.92 Å². The van der Waals surface area contributed by atoms with Gasteiger partial charge in [-0.3, -0.25) is 10.1 Å². The quantitative estimate of drug-likeness (QED) is 0.462. The molecule has 1 aliphatic rings. The standard InChI is InChI=1S/C10H13ClN4O3/c1-6-5-14(3-4-18-6)10-8(15(16)17)9(11)12-7(2)13-10/h6H,3-5H2,1-2H3. The van der Waals surface area contributed by atoms with Gasteiger partial charge in [0.1, 0.15) is 5.82 Å². The van der Waals surface area contributed by atoms with Crippen molar-refractivity contribution in [3.8, 4) is 0 Å². The highest BCUT2D eigenvalue weighted by atomic mass is 35.5. The van der Waals surface area contributed by atoms with Gasteiger partial charge in [-0.15, -0.1) is 0 Å². The fourth-order valence-electron chi connectivity index (χ4n) is 1.91. The summed E-state index contributed by atoms with van der Waals surface area (Å²) in [5.41, 5.74) is -0.239. The second-order valence-corrected chi connectivity index (χ2v) is 4.48. The maximum atomic E-state index is 11.1. The van der Waals surface area contributed by atoms with Crippen LogP contribution in [0.4, 0.5) is 11.5 Å². The number of aryl methyl sites for hydroxylation is 1. The number of rotatable bonds is 2. The van der Waals surface area contributed by atoms with Crippen molar-refractivity contribution in [1.29, 1.82) is 0 Å². The lowest BCUT2D eigenvalue weighted by Crippen LogP contribution is -2.42. The van der Waals surface area contributed by atoms with Crippen molar-refractivity contribution in [3.63, 3.8) is 0 Å². The lowest BCUT2D eigenvalue weighted by atomic mass is 10.3. The molecular formula is C10H13ClN4O3. The first-order valence-corrected chi connectivity index (χ1v) is 5.92. The third-order valence-electron chi connectivity index (χ3n) is 2.66. The molecule has 0 radical (unpaired) electrons. The molecule has 0 aromatic carbocycles. The maximum Gasteiger partial charge on any atom is 0.348 e. The van der Waals surface area contributed by atoms with Crippen LogP contribution in [0.3, 0.4) is 0 Å². The van der Waals surface area contributed by atoms with E-state index in [2.05, 4.69) is 9.97 Å². The third-order valence-corrected chi connectivity index (χ3v) is 2.92. The van der Waals surface area contributed by atoms with Gasteiger partial charge in [-0.05, 0) is 13.8 Å². The van der Waals surface area contributed by atoms with Gasteiger partial charge in [0, 0.05) is 13.1 Å². The van der Waals surface area contributed by atoms with Crippen LogP contribution >= 0.6 is 11.6 Å². The highest BCUT2D eigenvalue weighted by Gasteiger charge is 2.29. The number of aromatic nitrogens is 2. The normalized spacial score (nSPS) is 19.9. The zero-order chi connectivity index (χ0) is 13.3. The summed E-state index contributed by atoms with van der Waals surface area (Å²) in [7, 11) is 0. The lowest BCUT2D eigenvalue weighted by Gasteiger charge is -2.31. The number of nitrogens with zero attached hydrogens (tertiary/aromatic N) is 4. The van der Waals surface area contributed by atoms with Gasteiger partial charge >= 0.3 is 5.69 Å². The molecule has 0 aliphatic carbocycles. The Labute approximate surface area is 109 Å². The Morgan fingerprint density at radius 3 is 2.89 bits per heavy atom. The van der Waals surface area contributed by atoms with Gasteiger partial charge < -0.3 is 9.64 Å². The molecule has 0 saturated carbocycles. The summed E-state index contributed by atoms with van der Waals surface area (Å²) in [4.78, 5) is 20.3. The van der Waals surface area contributed by atoms with Crippen molar-refractivity contribution in [3.05, 3.63) is 21.1 Å². The van der Waals surface area contributed by atoms with E-state index in [1.165, 1.54) is 0 Å². The van der Waals surface area contributed by atoms with E-state index in [1.54, 1.807) is 6.92 Å². The molecular weight excluding hydrogens is 260 g/mol. The Bertz CT molecular complexity index is 482. The van der Waals surface area contributed by atoms with Gasteiger partial charge in [0.05, 0.1) is 17.6 Å². The number of hydrogen-bond acceptors (Lipinski definition) is 6. The monoisotopic (exact) mass is 272 g/mol. The molecule has 1 unspecified atom stereocenters. The summed E-state index contributed by atoms with van der Waals surface area (Å²) in [6, 6.07) is 0. The van der Waals surface area contributed by atoms with Crippen LogP contribution in [0.1, 0.15) is 12.7 Å². The predicted octanol–water partition coefficient (Wildman–Crippen LogP) is 1.57. The van der Waals surface area contributed by atoms with Crippen LogP contribution in [0.15, 0.2) is 0 Å². The van der Waals surface area contributed by atoms with E-state index in [4.69, 9.17) is 16.3 Å². The van der Waals surface area contributed by atoms with Gasteiger partial charge in [0.2, 0.25) is 11.0 Å². The molecule has 1 aliphatic heterocycles. The number of ether oxygens (including phenoxy) is 1. The molecule has 0 spiro atoms. The van der Waals surface area contributed by atoms with Crippen LogP contribution in [-0.2, 0) is 4.74 Å². The van der Waals surface area contributed by atoms with E-state index in [0.29, 0.717) is 25.5 Å². The number of halogens is 1. The van der Waals surface area contributed by atoms with Crippen LogP contribution < -0.4 is 4.90 Å². The minimum Gasteiger partial charge on any atom is -0.375 e. The SMILES string of the molecule is Cc1nc(Cl)c([N+](=O)[O-])c(N2CCOC(C)C2)n1. The zero-order valence-corrected chi connectivity index (χ0v) is 10.8. The van der Waals surface area contributed by atoms with Crippen molar-refractivity contribution >= 4 is 23.1 Å². The number of anilines is 1. The molecule has 0 amide bonds. The predicted molar refractivity (Wildman–Crippen MR) is 66.1 cm³/mol. The van der Waals surface area contributed by atoms with Crippen molar-refractivity contribution in [2.75, 3.05) is 24.6 Å². The smallest absolute Gasteiger partial charge is 0.348 e. The van der Waals surface area contributed by atoms with Gasteiger partial charge in [0.15, 0.2) is 0 Å². The Hall–Kier alpha value is -1.47. The minimum atomic E-state index is -0.544. The largest absolute Gasteiger partial charge is 0.375 e. The Morgan fingerprint density at radius 1 is 1.56 bits per heavy atom. The van der Waals surface area contributed by atoms with Crippen LogP contribution in [0.2, 0.25) is 5.15 Å². The molecule has 98 valence electrons. The highest BCUT2D eigenvalue weighted by Crippen LogP contribution is 2.32. The molecule has 8 heteroatoms. The van der Waals surface area contributed by atoms with Crippen LogP contribution in [0.5, 0.6) is 0 Å². The summed E-state index contributed by atoms with van der Waals surface area (Å²) in [6.07, 6.45) is 0.00685. The van der Waals surface area contributed by atoms with E-state index in [0.717, 1.165) is 0 Å². The second kappa shape index (κ2) is 5.03. The lowest BCUT2D eigenvalue weighted by molar-refractivity contribution is -0.384. The van der Waals surface area contributed by atoms with E-state index in [1.807, 2.05) is 11.8 Å². The van der Waals surface area contributed by atoms with Crippen molar-refractivity contribution in [2.24, 2.45) is 0 Å². The summed E-state index contributed by atoms with van der Waals surface area (Å²) >= 11 is 5.83. The van der Waals surface area contributed by atoms with Gasteiger partial charge in [-0.1, -0.05) is 11.6 Å². The Balaban J connectivity index is 2.44. The van der Waals surface area contributed by atoms with Crippen molar-refractivity contribution < 1.29 is 9.66 Å². The van der Waals surface area contributed by atoms with E-state index in [9.17, 15) is 10.1 Å². The minimum absolute atomic E-state index is 0.00685. The number of morpholine rings is 1. The summed E-state index contributed by atoms with van der Waals surface area (Å²) in [6.45, 7) is 5.18. The fourth-order valence-corrected chi connectivity index (χ4v) is 2.18. The fraction of sp³-hybridized carbons (Fsp3) is 0.600. The summed E-state index contributed by atoms with van der Waals surface area (Å²) < 4.78 is 5.40. The molecule has 18 heavy (non-hydrogen) atoms. The molecule has 1 aromatic heterocycles. The average Bonchev–Trinajstić information content (AvgIpc) is 2.27. The molecule has 1 atom stereocenters. The Kier molecular flexibility index (Phi) is 3.63. The van der Waals surface area contributed by atoms with E-state index in [-0.39, 0.29) is 22.8 Å². The molecule has 1 aromatic rings. The molecule has 7 nitrogen and oxygen atoms in total. The molecule has 1 saturated heterocycles. The molecule has 2 heterocycles.